The molecular formula is C9H17N5OS. The topological polar surface area (TPSA) is 99.8 Å². The van der Waals surface area contributed by atoms with Crippen molar-refractivity contribution < 1.29 is 4.79 Å². The summed E-state index contributed by atoms with van der Waals surface area (Å²) in [5.41, 5.74) is 10.8. The fourth-order valence-corrected chi connectivity index (χ4v) is 2.28. The summed E-state index contributed by atoms with van der Waals surface area (Å²) in [7, 11) is 0. The highest BCUT2D eigenvalue weighted by Crippen LogP contribution is 2.23. The molecule has 1 unspecified atom stereocenters. The van der Waals surface area contributed by atoms with Gasteiger partial charge in [0, 0.05) is 13.1 Å². The van der Waals surface area contributed by atoms with Crippen LogP contribution < -0.4 is 11.5 Å². The number of rotatable bonds is 6. The number of carbonyl (C=O) groups excluding carboxylic acids is 1. The predicted molar refractivity (Wildman–Crippen MR) is 62.9 cm³/mol. The maximum Gasteiger partial charge on any atom is 0.231 e. The summed E-state index contributed by atoms with van der Waals surface area (Å²) in [4.78, 5) is 11.1. The first-order valence-corrected chi connectivity index (χ1v) is 6.04. The number of hydrogen-bond acceptors (Lipinski definition) is 5. The number of carbonyl (C=O) groups is 1. The van der Waals surface area contributed by atoms with E-state index in [1.165, 1.54) is 11.8 Å². The number of aromatic nitrogens is 3. The van der Waals surface area contributed by atoms with Gasteiger partial charge >= 0.3 is 0 Å². The highest BCUT2D eigenvalue weighted by atomic mass is 32.2. The molecule has 1 rings (SSSR count). The van der Waals surface area contributed by atoms with E-state index >= 15 is 0 Å². The first-order valence-electron chi connectivity index (χ1n) is 5.16. The van der Waals surface area contributed by atoms with Gasteiger partial charge in [-0.15, -0.1) is 10.2 Å². The molecule has 1 amide bonds. The van der Waals surface area contributed by atoms with Gasteiger partial charge in [-0.25, -0.2) is 0 Å². The second kappa shape index (κ2) is 5.86. The van der Waals surface area contributed by atoms with Gasteiger partial charge in [0.25, 0.3) is 0 Å². The van der Waals surface area contributed by atoms with Gasteiger partial charge in [-0.05, 0) is 13.3 Å². The Kier molecular flexibility index (Phi) is 4.75. The molecule has 6 nitrogen and oxygen atoms in total. The molecule has 0 bridgehead atoms. The zero-order valence-electron chi connectivity index (χ0n) is 9.51. The van der Waals surface area contributed by atoms with Crippen molar-refractivity contribution in [3.05, 3.63) is 5.82 Å². The van der Waals surface area contributed by atoms with Crippen molar-refractivity contribution in [3.63, 3.8) is 0 Å². The maximum atomic E-state index is 11.1. The molecule has 1 aromatic heterocycles. The van der Waals surface area contributed by atoms with E-state index in [4.69, 9.17) is 11.5 Å². The number of aryl methyl sites for hydroxylation is 1. The lowest BCUT2D eigenvalue weighted by molar-refractivity contribution is -0.117. The van der Waals surface area contributed by atoms with E-state index in [-0.39, 0.29) is 11.2 Å². The molecule has 0 fully saturated rings. The molecule has 0 radical (unpaired) electrons. The van der Waals surface area contributed by atoms with E-state index < -0.39 is 0 Å². The minimum Gasteiger partial charge on any atom is -0.369 e. The van der Waals surface area contributed by atoms with Gasteiger partial charge in [-0.3, -0.25) is 4.79 Å². The first kappa shape index (κ1) is 13.0. The minimum absolute atomic E-state index is 0.264. The van der Waals surface area contributed by atoms with Crippen molar-refractivity contribution in [2.75, 3.05) is 6.54 Å². The van der Waals surface area contributed by atoms with Gasteiger partial charge in [0.15, 0.2) is 5.16 Å². The molecule has 1 atom stereocenters. The number of primary amides is 1. The lowest BCUT2D eigenvalue weighted by Gasteiger charge is -2.11. The molecular weight excluding hydrogens is 226 g/mol. The van der Waals surface area contributed by atoms with Crippen LogP contribution in [0.25, 0.3) is 0 Å². The van der Waals surface area contributed by atoms with Crippen molar-refractivity contribution in [3.8, 4) is 0 Å². The van der Waals surface area contributed by atoms with Crippen molar-refractivity contribution in [2.24, 2.45) is 11.5 Å². The molecule has 0 aromatic carbocycles. The summed E-state index contributed by atoms with van der Waals surface area (Å²) in [6, 6.07) is 0. The normalized spacial score (nSPS) is 12.7. The molecule has 0 saturated carbocycles. The zero-order chi connectivity index (χ0) is 12.1. The van der Waals surface area contributed by atoms with Crippen LogP contribution in [0.15, 0.2) is 5.16 Å². The third-order valence-electron chi connectivity index (χ3n) is 2.19. The van der Waals surface area contributed by atoms with E-state index in [0.29, 0.717) is 24.7 Å². The Morgan fingerprint density at radius 2 is 2.25 bits per heavy atom. The predicted octanol–water partition coefficient (Wildman–Crippen LogP) is -0.0988. The first-order chi connectivity index (χ1) is 7.60. The maximum absolute atomic E-state index is 11.1. The number of nitrogens with zero attached hydrogens (tertiary/aromatic N) is 3. The third kappa shape index (κ3) is 2.96. The number of nitrogens with two attached hydrogens (primary N) is 2. The summed E-state index contributed by atoms with van der Waals surface area (Å²) < 4.78 is 1.90. The number of thioether (sulfide) groups is 1. The minimum atomic E-state index is -0.326. The van der Waals surface area contributed by atoms with Crippen LogP contribution in [0.2, 0.25) is 0 Å². The molecule has 4 N–H and O–H groups in total. The zero-order valence-corrected chi connectivity index (χ0v) is 10.3. The van der Waals surface area contributed by atoms with Gasteiger partial charge in [-0.2, -0.15) is 0 Å². The molecule has 1 aromatic rings. The summed E-state index contributed by atoms with van der Waals surface area (Å²) in [6.07, 6.45) is 0.675. The Labute approximate surface area is 98.8 Å². The van der Waals surface area contributed by atoms with Gasteiger partial charge < -0.3 is 16.0 Å². The lowest BCUT2D eigenvalue weighted by Crippen LogP contribution is -2.25. The van der Waals surface area contributed by atoms with Crippen LogP contribution in [-0.4, -0.2) is 32.5 Å². The number of amides is 1. The third-order valence-corrected chi connectivity index (χ3v) is 3.55. The van der Waals surface area contributed by atoms with Crippen molar-refractivity contribution in [2.45, 2.75) is 37.2 Å². The van der Waals surface area contributed by atoms with Crippen LogP contribution in [-0.2, 0) is 11.3 Å². The average Bonchev–Trinajstić information content (AvgIpc) is 2.57. The highest BCUT2D eigenvalue weighted by molar-refractivity contribution is 8.00. The fourth-order valence-electron chi connectivity index (χ4n) is 1.31. The summed E-state index contributed by atoms with van der Waals surface area (Å²) in [5.74, 6) is 0.472. The van der Waals surface area contributed by atoms with Crippen molar-refractivity contribution in [1.82, 2.24) is 14.8 Å². The molecule has 0 aliphatic rings. The van der Waals surface area contributed by atoms with Gasteiger partial charge in [-0.1, -0.05) is 18.7 Å². The van der Waals surface area contributed by atoms with Crippen LogP contribution in [0.4, 0.5) is 0 Å². The summed E-state index contributed by atoms with van der Waals surface area (Å²) in [6.45, 7) is 4.94. The fraction of sp³-hybridized carbons (Fsp3) is 0.667. The molecule has 90 valence electrons. The molecule has 1 heterocycles. The van der Waals surface area contributed by atoms with Crippen LogP contribution in [0.3, 0.4) is 0 Å². The highest BCUT2D eigenvalue weighted by Gasteiger charge is 2.19. The van der Waals surface area contributed by atoms with Gasteiger partial charge in [0.2, 0.25) is 5.91 Å². The smallest absolute Gasteiger partial charge is 0.231 e. The average molecular weight is 243 g/mol. The summed E-state index contributed by atoms with van der Waals surface area (Å²) in [5, 5.41) is 8.42. The molecule has 0 aliphatic carbocycles. The van der Waals surface area contributed by atoms with E-state index in [9.17, 15) is 4.79 Å². The van der Waals surface area contributed by atoms with Crippen LogP contribution >= 0.6 is 11.8 Å². The molecule has 0 aliphatic heterocycles. The summed E-state index contributed by atoms with van der Waals surface area (Å²) >= 11 is 1.34. The van der Waals surface area contributed by atoms with Crippen molar-refractivity contribution in [1.29, 1.82) is 0 Å². The van der Waals surface area contributed by atoms with Crippen molar-refractivity contribution >= 4 is 17.7 Å². The standard InChI is InChI=1S/C9H17N5OS/c1-3-7(8(11)15)16-9-13-12-6(2)14(9)5-4-10/h7H,3-5,10H2,1-2H3,(H2,11,15). The molecule has 7 heteroatoms. The lowest BCUT2D eigenvalue weighted by atomic mass is 10.3. The Balaban J connectivity index is 2.83. The van der Waals surface area contributed by atoms with E-state index in [1.807, 2.05) is 18.4 Å². The largest absolute Gasteiger partial charge is 0.369 e. The van der Waals surface area contributed by atoms with E-state index in [2.05, 4.69) is 10.2 Å². The Bertz CT molecular complexity index is 365. The SMILES string of the molecule is CCC(Sc1nnc(C)n1CCN)C(N)=O. The molecule has 16 heavy (non-hydrogen) atoms. The quantitative estimate of drug-likeness (QED) is 0.680. The Hall–Kier alpha value is -1.08. The number of hydrogen-bond donors (Lipinski definition) is 2. The Morgan fingerprint density at radius 1 is 1.56 bits per heavy atom. The monoisotopic (exact) mass is 243 g/mol. The van der Waals surface area contributed by atoms with Crippen LogP contribution in [0.1, 0.15) is 19.2 Å². The molecule has 0 spiro atoms. The van der Waals surface area contributed by atoms with Crippen LogP contribution in [0, 0.1) is 6.92 Å². The second-order valence-electron chi connectivity index (χ2n) is 3.39. The van der Waals surface area contributed by atoms with Crippen LogP contribution in [0.5, 0.6) is 0 Å². The molecule has 0 saturated heterocycles. The second-order valence-corrected chi connectivity index (χ2v) is 4.56. The van der Waals surface area contributed by atoms with Gasteiger partial charge in [0.1, 0.15) is 5.82 Å². The van der Waals surface area contributed by atoms with E-state index in [0.717, 1.165) is 5.82 Å². The van der Waals surface area contributed by atoms with Gasteiger partial charge in [0.05, 0.1) is 5.25 Å². The Morgan fingerprint density at radius 3 is 2.75 bits per heavy atom. The van der Waals surface area contributed by atoms with E-state index in [1.54, 1.807) is 0 Å².